The van der Waals surface area contributed by atoms with E-state index in [1.807, 2.05) is 0 Å². The summed E-state index contributed by atoms with van der Waals surface area (Å²) in [6.07, 6.45) is 18.1. The molecule has 152 valence electrons. The Hall–Kier alpha value is -0.340. The predicted octanol–water partition coefficient (Wildman–Crippen LogP) is 7.83. The minimum absolute atomic E-state index is 0. The van der Waals surface area contributed by atoms with Crippen LogP contribution >= 0.6 is 17.0 Å². The molecule has 0 aliphatic rings. The van der Waals surface area contributed by atoms with Crippen LogP contribution in [0.1, 0.15) is 96.5 Å². The van der Waals surface area contributed by atoms with Crippen molar-refractivity contribution in [2.24, 2.45) is 0 Å². The molecule has 0 saturated heterocycles. The summed E-state index contributed by atoms with van der Waals surface area (Å²) in [6.45, 7) is 8.39. The summed E-state index contributed by atoms with van der Waals surface area (Å²) in [6, 6.07) is 11.0. The molecule has 1 aromatic rings. The maximum absolute atomic E-state index is 2.70. The zero-order chi connectivity index (χ0) is 18.0. The van der Waals surface area contributed by atoms with Gasteiger partial charge in [0, 0.05) is 6.54 Å². The van der Waals surface area contributed by atoms with Crippen molar-refractivity contribution < 1.29 is 0 Å². The molecule has 0 atom stereocenters. The number of benzene rings is 1. The van der Waals surface area contributed by atoms with E-state index in [-0.39, 0.29) is 17.0 Å². The first-order chi connectivity index (χ1) is 12.4. The van der Waals surface area contributed by atoms with E-state index in [1.54, 1.807) is 0 Å². The number of nitrogens with zero attached hydrogens (tertiary/aromatic N) is 1. The fraction of sp³-hybridized carbons (Fsp3) is 0.750. The monoisotopic (exact) mass is 425 g/mol. The Morgan fingerprint density at radius 2 is 1.08 bits per heavy atom. The lowest BCUT2D eigenvalue weighted by Gasteiger charge is -2.22. The van der Waals surface area contributed by atoms with E-state index in [9.17, 15) is 0 Å². The van der Waals surface area contributed by atoms with Gasteiger partial charge in [-0.1, -0.05) is 108 Å². The van der Waals surface area contributed by atoms with Gasteiger partial charge in [0.2, 0.25) is 0 Å². The maximum atomic E-state index is 2.70. The fourth-order valence-corrected chi connectivity index (χ4v) is 3.47. The van der Waals surface area contributed by atoms with Crippen LogP contribution < -0.4 is 0 Å². The molecule has 0 aromatic heterocycles. The summed E-state index contributed by atoms with van der Waals surface area (Å²) in [5.41, 5.74) is 1.48. The van der Waals surface area contributed by atoms with Crippen molar-refractivity contribution in [1.82, 2.24) is 4.90 Å². The summed E-state index contributed by atoms with van der Waals surface area (Å²) in [4.78, 5) is 2.70. The summed E-state index contributed by atoms with van der Waals surface area (Å²) >= 11 is 0. The van der Waals surface area contributed by atoms with E-state index in [0.29, 0.717) is 0 Å². The fourth-order valence-electron chi connectivity index (χ4n) is 3.47. The van der Waals surface area contributed by atoms with Crippen molar-refractivity contribution in [3.63, 3.8) is 0 Å². The van der Waals surface area contributed by atoms with E-state index in [0.717, 1.165) is 0 Å². The Bertz CT molecular complexity index is 379. The zero-order valence-corrected chi connectivity index (χ0v) is 19.3. The minimum atomic E-state index is 0. The van der Waals surface area contributed by atoms with Crippen molar-refractivity contribution in [2.75, 3.05) is 19.6 Å². The third kappa shape index (κ3) is 14.8. The smallest absolute Gasteiger partial charge is 0.00218 e. The van der Waals surface area contributed by atoms with Crippen LogP contribution in [-0.4, -0.2) is 24.5 Å². The number of hydrogen-bond donors (Lipinski definition) is 0. The van der Waals surface area contributed by atoms with Crippen molar-refractivity contribution in [2.45, 2.75) is 97.3 Å². The molecule has 1 aromatic carbocycles. The van der Waals surface area contributed by atoms with E-state index in [4.69, 9.17) is 0 Å². The molecule has 26 heavy (non-hydrogen) atoms. The van der Waals surface area contributed by atoms with Gasteiger partial charge in [-0.15, -0.1) is 17.0 Å². The second-order valence-corrected chi connectivity index (χ2v) is 7.61. The van der Waals surface area contributed by atoms with Gasteiger partial charge in [-0.25, -0.2) is 0 Å². The Balaban J connectivity index is 0.00000625. The topological polar surface area (TPSA) is 3.24 Å². The van der Waals surface area contributed by atoms with Crippen molar-refractivity contribution >= 4 is 17.0 Å². The summed E-state index contributed by atoms with van der Waals surface area (Å²) < 4.78 is 0. The van der Waals surface area contributed by atoms with Crippen LogP contribution in [0.15, 0.2) is 30.3 Å². The average molecular weight is 427 g/mol. The molecule has 0 spiro atoms. The highest BCUT2D eigenvalue weighted by atomic mass is 79.9. The molecule has 1 rings (SSSR count). The van der Waals surface area contributed by atoms with Gasteiger partial charge in [-0.05, 0) is 37.9 Å². The molecule has 0 fully saturated rings. The Morgan fingerprint density at radius 1 is 0.577 bits per heavy atom. The highest BCUT2D eigenvalue weighted by Crippen LogP contribution is 2.11. The van der Waals surface area contributed by atoms with Crippen LogP contribution in [0.5, 0.6) is 0 Å². The molecular weight excluding hydrogens is 382 g/mol. The molecule has 0 N–H and O–H groups in total. The van der Waals surface area contributed by atoms with Crippen LogP contribution in [0, 0.1) is 0 Å². The number of hydrogen-bond acceptors (Lipinski definition) is 1. The number of rotatable bonds is 17. The van der Waals surface area contributed by atoms with Crippen molar-refractivity contribution in [1.29, 1.82) is 0 Å². The van der Waals surface area contributed by atoms with Gasteiger partial charge in [0.05, 0.1) is 0 Å². The van der Waals surface area contributed by atoms with Gasteiger partial charge in [0.1, 0.15) is 0 Å². The minimum Gasteiger partial charge on any atom is -0.303 e. The second-order valence-electron chi connectivity index (χ2n) is 7.61. The Labute approximate surface area is 174 Å². The molecule has 0 amide bonds. The molecule has 1 nitrogen and oxygen atoms in total. The molecule has 0 bridgehead atoms. The van der Waals surface area contributed by atoms with Gasteiger partial charge < -0.3 is 4.90 Å². The van der Waals surface area contributed by atoms with Gasteiger partial charge >= 0.3 is 0 Å². The number of unbranched alkanes of at least 4 members (excludes halogenated alkanes) is 10. The summed E-state index contributed by atoms with van der Waals surface area (Å²) in [5, 5.41) is 0. The number of halogens is 1. The van der Waals surface area contributed by atoms with Crippen LogP contribution in [0.4, 0.5) is 0 Å². The van der Waals surface area contributed by atoms with Crippen molar-refractivity contribution in [3.05, 3.63) is 35.9 Å². The Morgan fingerprint density at radius 3 is 1.65 bits per heavy atom. The molecular formula is C24H44BrN. The van der Waals surface area contributed by atoms with Gasteiger partial charge in [-0.3, -0.25) is 0 Å². The van der Waals surface area contributed by atoms with Crippen LogP contribution in [0.25, 0.3) is 0 Å². The normalized spacial score (nSPS) is 10.9. The molecule has 0 aliphatic heterocycles. The van der Waals surface area contributed by atoms with Gasteiger partial charge in [-0.2, -0.15) is 0 Å². The highest BCUT2D eigenvalue weighted by Gasteiger charge is 2.04. The molecule has 0 heterocycles. The third-order valence-corrected chi connectivity index (χ3v) is 5.22. The van der Waals surface area contributed by atoms with E-state index in [2.05, 4.69) is 49.1 Å². The largest absolute Gasteiger partial charge is 0.303 e. The first-order valence-corrected chi connectivity index (χ1v) is 11.1. The Kier molecular flexibility index (Phi) is 19.2. The van der Waals surface area contributed by atoms with Gasteiger partial charge in [0.15, 0.2) is 0 Å². The molecule has 0 unspecified atom stereocenters. The van der Waals surface area contributed by atoms with E-state index >= 15 is 0 Å². The lowest BCUT2D eigenvalue weighted by molar-refractivity contribution is 0.265. The van der Waals surface area contributed by atoms with Crippen molar-refractivity contribution in [3.8, 4) is 0 Å². The lowest BCUT2D eigenvalue weighted by atomic mass is 10.1. The van der Waals surface area contributed by atoms with Crippen LogP contribution in [-0.2, 0) is 6.42 Å². The standard InChI is InChI=1S/C24H43N.BrH/c1-3-5-7-8-9-10-11-12-13-17-22-25(21-6-4-2)23-20-24-18-15-14-16-19-24;/h14-16,18-19H,3-13,17,20-23H2,1-2H3;1H. The lowest BCUT2D eigenvalue weighted by Crippen LogP contribution is -2.28. The predicted molar refractivity (Wildman–Crippen MR) is 124 cm³/mol. The highest BCUT2D eigenvalue weighted by molar-refractivity contribution is 8.93. The SMILES string of the molecule is Br.CCCCCCCCCCCCN(CCCC)CCc1ccccc1. The van der Waals surface area contributed by atoms with Crippen LogP contribution in [0.2, 0.25) is 0 Å². The first kappa shape index (κ1) is 25.7. The maximum Gasteiger partial charge on any atom is 0.00218 e. The summed E-state index contributed by atoms with van der Waals surface area (Å²) in [7, 11) is 0. The first-order valence-electron chi connectivity index (χ1n) is 11.1. The zero-order valence-electron chi connectivity index (χ0n) is 17.6. The van der Waals surface area contributed by atoms with E-state index < -0.39 is 0 Å². The molecule has 2 heteroatoms. The van der Waals surface area contributed by atoms with E-state index in [1.165, 1.54) is 109 Å². The average Bonchev–Trinajstić information content (AvgIpc) is 2.65. The van der Waals surface area contributed by atoms with Crippen LogP contribution in [0.3, 0.4) is 0 Å². The molecule has 0 radical (unpaired) electrons. The molecule has 0 aliphatic carbocycles. The third-order valence-electron chi connectivity index (χ3n) is 5.22. The summed E-state index contributed by atoms with van der Waals surface area (Å²) in [5.74, 6) is 0. The quantitative estimate of drug-likeness (QED) is 0.229. The van der Waals surface area contributed by atoms with Gasteiger partial charge in [0.25, 0.3) is 0 Å². The second kappa shape index (κ2) is 19.4. The molecule has 0 saturated carbocycles.